The molecule has 1 fully saturated rings. The second-order valence-electron chi connectivity index (χ2n) is 4.98. The van der Waals surface area contributed by atoms with Crippen LogP contribution in [0, 0.1) is 11.8 Å². The predicted molar refractivity (Wildman–Crippen MR) is 69.7 cm³/mol. The highest BCUT2D eigenvalue weighted by Gasteiger charge is 2.29. The van der Waals surface area contributed by atoms with Crippen molar-refractivity contribution >= 4 is 5.91 Å². The van der Waals surface area contributed by atoms with Crippen molar-refractivity contribution in [3.05, 3.63) is 35.9 Å². The van der Waals surface area contributed by atoms with Gasteiger partial charge in [0.1, 0.15) is 0 Å². The fourth-order valence-corrected chi connectivity index (χ4v) is 2.04. The van der Waals surface area contributed by atoms with E-state index in [-0.39, 0.29) is 5.91 Å². The summed E-state index contributed by atoms with van der Waals surface area (Å²) < 4.78 is 0. The first-order valence-electron chi connectivity index (χ1n) is 6.61. The summed E-state index contributed by atoms with van der Waals surface area (Å²) in [5.41, 5.74) is 1.36. The fraction of sp³-hybridized carbons (Fsp3) is 0.533. The lowest BCUT2D eigenvalue weighted by Crippen LogP contribution is -2.31. The molecule has 1 amide bonds. The molecule has 1 atom stereocenters. The van der Waals surface area contributed by atoms with Gasteiger partial charge in [0.05, 0.1) is 0 Å². The van der Waals surface area contributed by atoms with Gasteiger partial charge in [-0.25, -0.2) is 0 Å². The van der Waals surface area contributed by atoms with Crippen LogP contribution in [-0.2, 0) is 11.2 Å². The monoisotopic (exact) mass is 231 g/mol. The molecule has 0 saturated heterocycles. The van der Waals surface area contributed by atoms with Crippen LogP contribution in [0.1, 0.15) is 31.7 Å². The van der Waals surface area contributed by atoms with Gasteiger partial charge in [0.15, 0.2) is 0 Å². The molecule has 1 saturated carbocycles. The van der Waals surface area contributed by atoms with Crippen molar-refractivity contribution in [1.82, 2.24) is 5.32 Å². The maximum atomic E-state index is 11.6. The Morgan fingerprint density at radius 1 is 1.35 bits per heavy atom. The first-order valence-corrected chi connectivity index (χ1v) is 6.61. The molecule has 0 radical (unpaired) electrons. The second kappa shape index (κ2) is 5.85. The molecular formula is C15H21NO. The molecule has 0 bridgehead atoms. The Morgan fingerprint density at radius 3 is 2.65 bits per heavy atom. The Balaban J connectivity index is 1.78. The van der Waals surface area contributed by atoms with E-state index in [2.05, 4.69) is 36.5 Å². The van der Waals surface area contributed by atoms with E-state index in [0.717, 1.165) is 32.2 Å². The molecule has 0 aromatic heterocycles. The largest absolute Gasteiger partial charge is 0.356 e. The number of amides is 1. The summed E-state index contributed by atoms with van der Waals surface area (Å²) in [4.78, 5) is 11.6. The van der Waals surface area contributed by atoms with Gasteiger partial charge in [0.2, 0.25) is 5.91 Å². The van der Waals surface area contributed by atoms with Gasteiger partial charge in [-0.15, -0.1) is 0 Å². The van der Waals surface area contributed by atoms with Gasteiger partial charge in [-0.3, -0.25) is 4.79 Å². The minimum absolute atomic E-state index is 0.261. The first kappa shape index (κ1) is 12.2. The van der Waals surface area contributed by atoms with E-state index in [1.54, 1.807) is 0 Å². The summed E-state index contributed by atoms with van der Waals surface area (Å²) in [6.45, 7) is 3.01. The van der Waals surface area contributed by atoms with Crippen LogP contribution in [0.3, 0.4) is 0 Å². The van der Waals surface area contributed by atoms with Crippen LogP contribution >= 0.6 is 0 Å². The maximum absolute atomic E-state index is 11.6. The molecule has 0 aliphatic heterocycles. The highest BCUT2D eigenvalue weighted by atomic mass is 16.2. The number of carbonyl (C=O) groups excluding carboxylic acids is 1. The van der Waals surface area contributed by atoms with Gasteiger partial charge >= 0.3 is 0 Å². The Bertz CT molecular complexity index is 356. The normalized spacial score (nSPS) is 16.5. The van der Waals surface area contributed by atoms with Crippen LogP contribution < -0.4 is 5.32 Å². The highest BCUT2D eigenvalue weighted by Crippen LogP contribution is 2.28. The standard InChI is InChI=1S/C15H21NO/c1-2-12(10-13-6-4-3-5-7-13)11-16-15(17)14-8-9-14/h3-7,12,14H,2,8-11H2,1H3,(H,16,17). The van der Waals surface area contributed by atoms with Crippen LogP contribution in [0.2, 0.25) is 0 Å². The molecular weight excluding hydrogens is 210 g/mol. The zero-order valence-electron chi connectivity index (χ0n) is 10.5. The zero-order chi connectivity index (χ0) is 12.1. The van der Waals surface area contributed by atoms with Crippen molar-refractivity contribution in [3.8, 4) is 0 Å². The number of rotatable bonds is 6. The fourth-order valence-electron chi connectivity index (χ4n) is 2.04. The van der Waals surface area contributed by atoms with Crippen molar-refractivity contribution < 1.29 is 4.79 Å². The van der Waals surface area contributed by atoms with Crippen LogP contribution in [0.5, 0.6) is 0 Å². The Morgan fingerprint density at radius 2 is 2.06 bits per heavy atom. The molecule has 1 aliphatic carbocycles. The molecule has 1 unspecified atom stereocenters. The molecule has 92 valence electrons. The summed E-state index contributed by atoms with van der Waals surface area (Å²) in [5, 5.41) is 3.08. The lowest BCUT2D eigenvalue weighted by Gasteiger charge is -2.15. The Hall–Kier alpha value is -1.31. The maximum Gasteiger partial charge on any atom is 0.223 e. The van der Waals surface area contributed by atoms with Crippen molar-refractivity contribution in [3.63, 3.8) is 0 Å². The smallest absolute Gasteiger partial charge is 0.223 e. The molecule has 1 aliphatic rings. The highest BCUT2D eigenvalue weighted by molar-refractivity contribution is 5.80. The summed E-state index contributed by atoms with van der Waals surface area (Å²) in [6, 6.07) is 10.5. The summed E-state index contributed by atoms with van der Waals surface area (Å²) >= 11 is 0. The Kier molecular flexibility index (Phi) is 4.18. The van der Waals surface area contributed by atoms with E-state index in [9.17, 15) is 4.79 Å². The van der Waals surface area contributed by atoms with Gasteiger partial charge in [-0.1, -0.05) is 43.7 Å². The molecule has 2 nitrogen and oxygen atoms in total. The molecule has 2 heteroatoms. The van der Waals surface area contributed by atoms with E-state index in [4.69, 9.17) is 0 Å². The Labute approximate surface area is 103 Å². The third kappa shape index (κ3) is 3.88. The van der Waals surface area contributed by atoms with Crippen molar-refractivity contribution in [2.75, 3.05) is 6.54 Å². The van der Waals surface area contributed by atoms with Gasteiger partial charge in [0, 0.05) is 12.5 Å². The van der Waals surface area contributed by atoms with Gasteiger partial charge < -0.3 is 5.32 Å². The zero-order valence-corrected chi connectivity index (χ0v) is 10.5. The molecule has 1 aromatic carbocycles. The number of benzene rings is 1. The molecule has 0 spiro atoms. The summed E-state index contributed by atoms with van der Waals surface area (Å²) in [6.07, 6.45) is 4.34. The third-order valence-corrected chi connectivity index (χ3v) is 3.46. The number of hydrogen-bond donors (Lipinski definition) is 1. The molecule has 1 N–H and O–H groups in total. The molecule has 17 heavy (non-hydrogen) atoms. The summed E-state index contributed by atoms with van der Waals surface area (Å²) in [5.74, 6) is 1.14. The van der Waals surface area contributed by atoms with E-state index in [0.29, 0.717) is 11.8 Å². The van der Waals surface area contributed by atoms with Crippen molar-refractivity contribution in [2.45, 2.75) is 32.6 Å². The van der Waals surface area contributed by atoms with Crippen molar-refractivity contribution in [2.24, 2.45) is 11.8 Å². The van der Waals surface area contributed by atoms with Crippen LogP contribution in [-0.4, -0.2) is 12.5 Å². The van der Waals surface area contributed by atoms with Crippen molar-refractivity contribution in [1.29, 1.82) is 0 Å². The van der Waals surface area contributed by atoms with E-state index in [1.807, 2.05) is 6.07 Å². The third-order valence-electron chi connectivity index (χ3n) is 3.46. The average molecular weight is 231 g/mol. The van der Waals surface area contributed by atoms with Crippen LogP contribution in [0.25, 0.3) is 0 Å². The van der Waals surface area contributed by atoms with Crippen LogP contribution in [0.4, 0.5) is 0 Å². The number of hydrogen-bond acceptors (Lipinski definition) is 1. The number of nitrogens with one attached hydrogen (secondary N) is 1. The average Bonchev–Trinajstić information content (AvgIpc) is 3.19. The minimum atomic E-state index is 0.261. The second-order valence-corrected chi connectivity index (χ2v) is 4.98. The van der Waals surface area contributed by atoms with Gasteiger partial charge in [-0.05, 0) is 30.7 Å². The van der Waals surface area contributed by atoms with Gasteiger partial charge in [0.25, 0.3) is 0 Å². The molecule has 1 aromatic rings. The van der Waals surface area contributed by atoms with Gasteiger partial charge in [-0.2, -0.15) is 0 Å². The SMILES string of the molecule is CCC(CNC(=O)C1CC1)Cc1ccccc1. The number of carbonyl (C=O) groups is 1. The lowest BCUT2D eigenvalue weighted by atomic mass is 9.97. The molecule has 0 heterocycles. The minimum Gasteiger partial charge on any atom is -0.356 e. The van der Waals surface area contributed by atoms with E-state index >= 15 is 0 Å². The molecule has 2 rings (SSSR count). The quantitative estimate of drug-likeness (QED) is 0.801. The van der Waals surface area contributed by atoms with E-state index < -0.39 is 0 Å². The van der Waals surface area contributed by atoms with Crippen LogP contribution in [0.15, 0.2) is 30.3 Å². The lowest BCUT2D eigenvalue weighted by molar-refractivity contribution is -0.122. The topological polar surface area (TPSA) is 29.1 Å². The first-order chi connectivity index (χ1) is 8.29. The van der Waals surface area contributed by atoms with E-state index in [1.165, 1.54) is 5.56 Å². The predicted octanol–water partition coefficient (Wildman–Crippen LogP) is 2.78. The summed E-state index contributed by atoms with van der Waals surface area (Å²) in [7, 11) is 0.